The fourth-order valence-electron chi connectivity index (χ4n) is 2.15. The summed E-state index contributed by atoms with van der Waals surface area (Å²) in [6.07, 6.45) is 5.37. The van der Waals surface area contributed by atoms with Gasteiger partial charge in [-0.15, -0.1) is 0 Å². The van der Waals surface area contributed by atoms with Crippen LogP contribution in [-0.4, -0.2) is 15.2 Å². The number of rotatable bonds is 3. The van der Waals surface area contributed by atoms with Crippen LogP contribution in [-0.2, 0) is 18.6 Å². The molecule has 0 atom stereocenters. The topological polar surface area (TPSA) is 45.8 Å². The van der Waals surface area contributed by atoms with Gasteiger partial charge in [-0.05, 0) is 30.9 Å². The van der Waals surface area contributed by atoms with Crippen LogP contribution in [0, 0.1) is 0 Å². The lowest BCUT2D eigenvalue weighted by Gasteiger charge is -2.08. The number of fused-ring (bicyclic) bond motifs is 1. The second kappa shape index (κ2) is 5.71. The van der Waals surface area contributed by atoms with Crippen LogP contribution in [0.15, 0.2) is 4.79 Å². The number of nitrogens with zero attached hydrogens (tertiary/aromatic N) is 1. The molecule has 3 nitrogen and oxygen atoms in total. The fourth-order valence-corrected chi connectivity index (χ4v) is 2.77. The van der Waals surface area contributed by atoms with Gasteiger partial charge >= 0.3 is 0 Å². The van der Waals surface area contributed by atoms with E-state index in [0.717, 1.165) is 42.1 Å². The molecule has 0 fully saturated rings. The van der Waals surface area contributed by atoms with Gasteiger partial charge in [-0.3, -0.25) is 4.79 Å². The van der Waals surface area contributed by atoms with Crippen molar-refractivity contribution in [1.29, 1.82) is 0 Å². The van der Waals surface area contributed by atoms with Gasteiger partial charge in [0.2, 0.25) is 0 Å². The standard InChI is InChI=1S/C13H20N2OS/c1-9(2)17-8-12-14-11-7-5-3-4-6-10(11)13(16)15-12/h9H,3-8H2,1-2H3,(H,14,15,16). The molecule has 0 bridgehead atoms. The number of aryl methyl sites for hydroxylation is 1. The predicted molar refractivity (Wildman–Crippen MR) is 72.5 cm³/mol. The Kier molecular flexibility index (Phi) is 4.26. The van der Waals surface area contributed by atoms with Crippen molar-refractivity contribution in [3.63, 3.8) is 0 Å². The van der Waals surface area contributed by atoms with Crippen molar-refractivity contribution < 1.29 is 0 Å². The lowest BCUT2D eigenvalue weighted by molar-refractivity contribution is 0.708. The Morgan fingerprint density at radius 3 is 2.82 bits per heavy atom. The number of aromatic nitrogens is 2. The van der Waals surface area contributed by atoms with E-state index in [1.807, 2.05) is 11.8 Å². The maximum Gasteiger partial charge on any atom is 0.254 e. The Balaban J connectivity index is 2.23. The van der Waals surface area contributed by atoms with Crippen LogP contribution in [0.1, 0.15) is 50.2 Å². The highest BCUT2D eigenvalue weighted by Gasteiger charge is 2.14. The van der Waals surface area contributed by atoms with Crippen molar-refractivity contribution in [2.45, 2.75) is 57.0 Å². The molecule has 1 heterocycles. The normalized spacial score (nSPS) is 15.7. The van der Waals surface area contributed by atoms with Gasteiger partial charge in [-0.25, -0.2) is 4.98 Å². The van der Waals surface area contributed by atoms with Crippen molar-refractivity contribution in [1.82, 2.24) is 9.97 Å². The molecule has 0 spiro atoms. The van der Waals surface area contributed by atoms with E-state index in [0.29, 0.717) is 5.25 Å². The van der Waals surface area contributed by atoms with Crippen LogP contribution in [0.2, 0.25) is 0 Å². The predicted octanol–water partition coefficient (Wildman–Crippen LogP) is 2.68. The Labute approximate surface area is 106 Å². The van der Waals surface area contributed by atoms with Crippen LogP contribution >= 0.6 is 11.8 Å². The summed E-state index contributed by atoms with van der Waals surface area (Å²) in [6, 6.07) is 0. The van der Waals surface area contributed by atoms with Crippen molar-refractivity contribution >= 4 is 11.8 Å². The van der Waals surface area contributed by atoms with E-state index in [2.05, 4.69) is 23.8 Å². The Hall–Kier alpha value is -0.770. The van der Waals surface area contributed by atoms with Gasteiger partial charge in [0.25, 0.3) is 5.56 Å². The molecule has 1 aromatic rings. The zero-order chi connectivity index (χ0) is 12.3. The molecule has 94 valence electrons. The summed E-state index contributed by atoms with van der Waals surface area (Å²) < 4.78 is 0. The number of H-pyrrole nitrogens is 1. The van der Waals surface area contributed by atoms with Crippen molar-refractivity contribution in [3.8, 4) is 0 Å². The molecule has 0 saturated carbocycles. The highest BCUT2D eigenvalue weighted by Crippen LogP contribution is 2.18. The summed E-state index contributed by atoms with van der Waals surface area (Å²) in [7, 11) is 0. The highest BCUT2D eigenvalue weighted by atomic mass is 32.2. The molecule has 0 saturated heterocycles. The van der Waals surface area contributed by atoms with E-state index in [9.17, 15) is 4.79 Å². The quantitative estimate of drug-likeness (QED) is 0.841. The first-order chi connectivity index (χ1) is 8.16. The number of nitrogens with one attached hydrogen (secondary N) is 1. The molecular weight excluding hydrogens is 232 g/mol. The minimum absolute atomic E-state index is 0.0938. The van der Waals surface area contributed by atoms with Crippen molar-refractivity contribution in [3.05, 3.63) is 27.4 Å². The molecule has 0 unspecified atom stereocenters. The third-order valence-electron chi connectivity index (χ3n) is 3.04. The van der Waals surface area contributed by atoms with E-state index in [1.165, 1.54) is 12.8 Å². The molecule has 0 aromatic carbocycles. The Bertz CT molecular complexity index is 440. The molecule has 4 heteroatoms. The van der Waals surface area contributed by atoms with E-state index < -0.39 is 0 Å². The smallest absolute Gasteiger partial charge is 0.254 e. The zero-order valence-corrected chi connectivity index (χ0v) is 11.4. The van der Waals surface area contributed by atoms with Gasteiger partial charge in [0, 0.05) is 5.56 Å². The van der Waals surface area contributed by atoms with Crippen LogP contribution in [0.5, 0.6) is 0 Å². The molecule has 17 heavy (non-hydrogen) atoms. The van der Waals surface area contributed by atoms with Crippen LogP contribution in [0.3, 0.4) is 0 Å². The largest absolute Gasteiger partial charge is 0.310 e. The first-order valence-corrected chi connectivity index (χ1v) is 7.44. The monoisotopic (exact) mass is 252 g/mol. The average Bonchev–Trinajstić information content (AvgIpc) is 2.51. The molecule has 0 amide bonds. The van der Waals surface area contributed by atoms with Gasteiger partial charge < -0.3 is 4.98 Å². The number of aromatic amines is 1. The molecule has 2 rings (SSSR count). The molecule has 0 aliphatic heterocycles. The van der Waals surface area contributed by atoms with Gasteiger partial charge in [-0.1, -0.05) is 20.3 Å². The molecule has 1 N–H and O–H groups in total. The number of thioether (sulfide) groups is 1. The summed E-state index contributed by atoms with van der Waals surface area (Å²) in [5.41, 5.74) is 2.07. The molecule has 1 aromatic heterocycles. The van der Waals surface area contributed by atoms with E-state index >= 15 is 0 Å². The zero-order valence-electron chi connectivity index (χ0n) is 10.6. The van der Waals surface area contributed by atoms with E-state index in [-0.39, 0.29) is 5.56 Å². The number of hydrogen-bond donors (Lipinski definition) is 1. The maximum absolute atomic E-state index is 12.0. The van der Waals surface area contributed by atoms with Gasteiger partial charge in [-0.2, -0.15) is 11.8 Å². The fraction of sp³-hybridized carbons (Fsp3) is 0.692. The maximum atomic E-state index is 12.0. The SMILES string of the molecule is CC(C)SCc1nc2c(c(=O)[nH]1)CCCCC2. The summed E-state index contributed by atoms with van der Waals surface area (Å²) in [5, 5.41) is 0.569. The van der Waals surface area contributed by atoms with E-state index in [4.69, 9.17) is 0 Å². The van der Waals surface area contributed by atoms with Gasteiger partial charge in [0.1, 0.15) is 5.82 Å². The minimum atomic E-state index is 0.0938. The van der Waals surface area contributed by atoms with Crippen LogP contribution in [0.4, 0.5) is 0 Å². The van der Waals surface area contributed by atoms with Crippen molar-refractivity contribution in [2.75, 3.05) is 0 Å². The number of hydrogen-bond acceptors (Lipinski definition) is 3. The second-order valence-electron chi connectivity index (χ2n) is 4.86. The second-order valence-corrected chi connectivity index (χ2v) is 6.42. The third-order valence-corrected chi connectivity index (χ3v) is 4.15. The molecule has 1 aliphatic carbocycles. The minimum Gasteiger partial charge on any atom is -0.310 e. The highest BCUT2D eigenvalue weighted by molar-refractivity contribution is 7.99. The third kappa shape index (κ3) is 3.35. The Morgan fingerprint density at radius 2 is 2.06 bits per heavy atom. The molecule has 0 radical (unpaired) electrons. The first-order valence-electron chi connectivity index (χ1n) is 6.39. The van der Waals surface area contributed by atoms with Gasteiger partial charge in [0.05, 0.1) is 11.4 Å². The first kappa shape index (κ1) is 12.7. The van der Waals surface area contributed by atoms with Crippen molar-refractivity contribution in [2.24, 2.45) is 0 Å². The summed E-state index contributed by atoms with van der Waals surface area (Å²) in [5.74, 6) is 1.65. The summed E-state index contributed by atoms with van der Waals surface area (Å²) in [4.78, 5) is 19.5. The molecular formula is C13H20N2OS. The lowest BCUT2D eigenvalue weighted by atomic mass is 10.1. The van der Waals surface area contributed by atoms with E-state index in [1.54, 1.807) is 0 Å². The van der Waals surface area contributed by atoms with Crippen LogP contribution in [0.25, 0.3) is 0 Å². The van der Waals surface area contributed by atoms with Crippen LogP contribution < -0.4 is 5.56 Å². The lowest BCUT2D eigenvalue weighted by Crippen LogP contribution is -2.19. The summed E-state index contributed by atoms with van der Waals surface area (Å²) >= 11 is 1.82. The Morgan fingerprint density at radius 1 is 1.29 bits per heavy atom. The summed E-state index contributed by atoms with van der Waals surface area (Å²) in [6.45, 7) is 4.32. The average molecular weight is 252 g/mol. The van der Waals surface area contributed by atoms with Gasteiger partial charge in [0.15, 0.2) is 0 Å². The molecule has 1 aliphatic rings.